The zero-order valence-corrected chi connectivity index (χ0v) is 11.7. The van der Waals surface area contributed by atoms with E-state index in [0.717, 1.165) is 28.4 Å². The van der Waals surface area contributed by atoms with Gasteiger partial charge in [-0.05, 0) is 43.2 Å². The van der Waals surface area contributed by atoms with Gasteiger partial charge in [0.25, 0.3) is 0 Å². The van der Waals surface area contributed by atoms with E-state index in [1.54, 1.807) is 13.3 Å². The zero-order chi connectivity index (χ0) is 13.1. The molecule has 0 saturated carbocycles. The quantitative estimate of drug-likeness (QED) is 0.861. The van der Waals surface area contributed by atoms with Crippen LogP contribution in [-0.2, 0) is 5.75 Å². The van der Waals surface area contributed by atoms with Crippen LogP contribution in [0.2, 0.25) is 0 Å². The molecular weight excluding hydrogens is 244 g/mol. The van der Waals surface area contributed by atoms with Crippen molar-refractivity contribution < 1.29 is 4.74 Å². The average molecular weight is 260 g/mol. The van der Waals surface area contributed by atoms with E-state index in [1.165, 1.54) is 5.56 Å². The minimum Gasteiger partial charge on any atom is -0.496 e. The number of benzene rings is 1. The van der Waals surface area contributed by atoms with Crippen molar-refractivity contribution in [2.75, 3.05) is 7.11 Å². The zero-order valence-electron chi connectivity index (χ0n) is 10.8. The first-order valence-corrected chi connectivity index (χ1v) is 6.38. The summed E-state index contributed by atoms with van der Waals surface area (Å²) in [5.74, 6) is 2.19. The van der Waals surface area contributed by atoms with E-state index in [9.17, 15) is 0 Å². The van der Waals surface area contributed by atoms with Crippen molar-refractivity contribution >= 4 is 12.6 Å². The van der Waals surface area contributed by atoms with Crippen molar-refractivity contribution in [1.82, 2.24) is 9.97 Å². The summed E-state index contributed by atoms with van der Waals surface area (Å²) in [5.41, 5.74) is 4.36. The molecule has 0 aliphatic heterocycles. The molecule has 0 N–H and O–H groups in total. The van der Waals surface area contributed by atoms with Crippen LogP contribution in [0, 0.1) is 13.8 Å². The minimum atomic E-state index is 0.544. The lowest BCUT2D eigenvalue weighted by Gasteiger charge is -2.12. The third-order valence-electron chi connectivity index (χ3n) is 3.08. The Labute approximate surface area is 113 Å². The van der Waals surface area contributed by atoms with Crippen molar-refractivity contribution in [2.45, 2.75) is 19.6 Å². The van der Waals surface area contributed by atoms with Gasteiger partial charge in [-0.25, -0.2) is 9.97 Å². The standard InChI is InChI=1S/C14H16N2OS/c1-9-10(2)13(17-3)5-4-11(9)12-6-7-15-14(8-18)16-12/h4-7,18H,8H2,1-3H3. The number of ether oxygens (including phenoxy) is 1. The minimum absolute atomic E-state index is 0.544. The summed E-state index contributed by atoms with van der Waals surface area (Å²) in [6.07, 6.45) is 1.77. The fourth-order valence-electron chi connectivity index (χ4n) is 1.92. The molecule has 0 atom stereocenters. The molecule has 1 aromatic heterocycles. The van der Waals surface area contributed by atoms with Gasteiger partial charge in [0.05, 0.1) is 18.6 Å². The van der Waals surface area contributed by atoms with Crippen LogP contribution in [0.5, 0.6) is 5.75 Å². The van der Waals surface area contributed by atoms with Crippen LogP contribution in [0.1, 0.15) is 17.0 Å². The molecule has 18 heavy (non-hydrogen) atoms. The third kappa shape index (κ3) is 2.34. The largest absolute Gasteiger partial charge is 0.496 e. The van der Waals surface area contributed by atoms with Crippen molar-refractivity contribution in [1.29, 1.82) is 0 Å². The Bertz CT molecular complexity index is 570. The molecule has 0 bridgehead atoms. The van der Waals surface area contributed by atoms with Crippen LogP contribution < -0.4 is 4.74 Å². The average Bonchev–Trinajstić information content (AvgIpc) is 2.42. The SMILES string of the molecule is COc1ccc(-c2ccnc(CS)n2)c(C)c1C. The molecule has 0 radical (unpaired) electrons. The van der Waals surface area contributed by atoms with Crippen LogP contribution in [-0.4, -0.2) is 17.1 Å². The van der Waals surface area contributed by atoms with Gasteiger partial charge in [-0.2, -0.15) is 12.6 Å². The highest BCUT2D eigenvalue weighted by atomic mass is 32.1. The molecule has 0 fully saturated rings. The molecule has 1 aromatic carbocycles. The van der Waals surface area contributed by atoms with Crippen LogP contribution >= 0.6 is 12.6 Å². The number of rotatable bonds is 3. The normalized spacial score (nSPS) is 10.4. The molecule has 4 heteroatoms. The molecule has 2 rings (SSSR count). The Morgan fingerprint density at radius 2 is 1.94 bits per heavy atom. The topological polar surface area (TPSA) is 35.0 Å². The number of hydrogen-bond acceptors (Lipinski definition) is 4. The molecule has 2 aromatic rings. The smallest absolute Gasteiger partial charge is 0.138 e. The fraction of sp³-hybridized carbons (Fsp3) is 0.286. The van der Waals surface area contributed by atoms with E-state index in [0.29, 0.717) is 5.75 Å². The first kappa shape index (κ1) is 12.9. The second-order valence-corrected chi connectivity index (χ2v) is 4.40. The molecule has 1 heterocycles. The molecule has 0 amide bonds. The lowest BCUT2D eigenvalue weighted by molar-refractivity contribution is 0.411. The van der Waals surface area contributed by atoms with Crippen molar-refractivity contribution in [3.63, 3.8) is 0 Å². The lowest BCUT2D eigenvalue weighted by Crippen LogP contribution is -1.97. The lowest BCUT2D eigenvalue weighted by atomic mass is 10.00. The van der Waals surface area contributed by atoms with Gasteiger partial charge < -0.3 is 4.74 Å². The van der Waals surface area contributed by atoms with E-state index >= 15 is 0 Å². The van der Waals surface area contributed by atoms with E-state index in [-0.39, 0.29) is 0 Å². The molecule has 0 saturated heterocycles. The van der Waals surface area contributed by atoms with Crippen LogP contribution in [0.3, 0.4) is 0 Å². The monoisotopic (exact) mass is 260 g/mol. The van der Waals surface area contributed by atoms with Gasteiger partial charge in [0.2, 0.25) is 0 Å². The maximum atomic E-state index is 5.32. The number of nitrogens with zero attached hydrogens (tertiary/aromatic N) is 2. The molecule has 0 unspecified atom stereocenters. The van der Waals surface area contributed by atoms with Crippen molar-refractivity contribution in [3.8, 4) is 17.0 Å². The van der Waals surface area contributed by atoms with E-state index < -0.39 is 0 Å². The highest BCUT2D eigenvalue weighted by molar-refractivity contribution is 7.79. The first-order chi connectivity index (χ1) is 8.67. The third-order valence-corrected chi connectivity index (χ3v) is 3.36. The summed E-state index contributed by atoms with van der Waals surface area (Å²) in [5, 5.41) is 0. The summed E-state index contributed by atoms with van der Waals surface area (Å²) in [6, 6.07) is 5.92. The van der Waals surface area contributed by atoms with Crippen molar-refractivity contribution in [3.05, 3.63) is 41.3 Å². The number of methoxy groups -OCH3 is 1. The predicted molar refractivity (Wildman–Crippen MR) is 76.2 cm³/mol. The fourth-order valence-corrected chi connectivity index (χ4v) is 2.07. The summed E-state index contributed by atoms with van der Waals surface area (Å²) >= 11 is 4.20. The van der Waals surface area contributed by atoms with Gasteiger partial charge in [-0.3, -0.25) is 0 Å². The summed E-state index contributed by atoms with van der Waals surface area (Å²) in [7, 11) is 1.69. The Balaban J connectivity index is 2.54. The Hall–Kier alpha value is -1.55. The van der Waals surface area contributed by atoms with Crippen LogP contribution in [0.15, 0.2) is 24.4 Å². The van der Waals surface area contributed by atoms with Crippen molar-refractivity contribution in [2.24, 2.45) is 0 Å². The van der Waals surface area contributed by atoms with Crippen LogP contribution in [0.25, 0.3) is 11.3 Å². The van der Waals surface area contributed by atoms with Gasteiger partial charge in [0.1, 0.15) is 11.6 Å². The van der Waals surface area contributed by atoms with Gasteiger partial charge >= 0.3 is 0 Å². The summed E-state index contributed by atoms with van der Waals surface area (Å²) in [4.78, 5) is 8.65. The molecular formula is C14H16N2OS. The van der Waals surface area contributed by atoms with Gasteiger partial charge in [-0.1, -0.05) is 0 Å². The highest BCUT2D eigenvalue weighted by Crippen LogP contribution is 2.29. The molecule has 0 aliphatic carbocycles. The maximum absolute atomic E-state index is 5.32. The van der Waals surface area contributed by atoms with Gasteiger partial charge in [0, 0.05) is 11.8 Å². The Kier molecular flexibility index (Phi) is 3.87. The summed E-state index contributed by atoms with van der Waals surface area (Å²) < 4.78 is 5.32. The highest BCUT2D eigenvalue weighted by Gasteiger charge is 2.09. The molecule has 0 aliphatic rings. The second kappa shape index (κ2) is 5.40. The van der Waals surface area contributed by atoms with E-state index in [4.69, 9.17) is 4.74 Å². The number of thiol groups is 1. The van der Waals surface area contributed by atoms with Gasteiger partial charge in [0.15, 0.2) is 0 Å². The number of hydrogen-bond donors (Lipinski definition) is 1. The number of aromatic nitrogens is 2. The van der Waals surface area contributed by atoms with Gasteiger partial charge in [-0.15, -0.1) is 0 Å². The first-order valence-electron chi connectivity index (χ1n) is 5.74. The second-order valence-electron chi connectivity index (χ2n) is 4.08. The molecule has 94 valence electrons. The Morgan fingerprint density at radius 1 is 1.17 bits per heavy atom. The maximum Gasteiger partial charge on any atom is 0.138 e. The van der Waals surface area contributed by atoms with Crippen LogP contribution in [0.4, 0.5) is 0 Å². The Morgan fingerprint density at radius 3 is 2.61 bits per heavy atom. The predicted octanol–water partition coefficient (Wildman–Crippen LogP) is 3.20. The van der Waals surface area contributed by atoms with E-state index in [1.807, 2.05) is 18.2 Å². The van der Waals surface area contributed by atoms with E-state index in [2.05, 4.69) is 36.4 Å². The molecule has 0 spiro atoms. The summed E-state index contributed by atoms with van der Waals surface area (Å²) in [6.45, 7) is 4.13. The molecule has 3 nitrogen and oxygen atoms in total.